The van der Waals surface area contributed by atoms with Crippen molar-refractivity contribution in [3.8, 4) is 0 Å². The predicted molar refractivity (Wildman–Crippen MR) is 126 cm³/mol. The zero-order chi connectivity index (χ0) is 22.4. The van der Waals surface area contributed by atoms with Gasteiger partial charge >= 0.3 is 0 Å². The van der Waals surface area contributed by atoms with Crippen molar-refractivity contribution in [2.75, 3.05) is 26.0 Å². The van der Waals surface area contributed by atoms with Gasteiger partial charge in [0, 0.05) is 19.3 Å². The van der Waals surface area contributed by atoms with Gasteiger partial charge < -0.3 is 26.5 Å². The Morgan fingerprint density at radius 2 is 2.00 bits per heavy atom. The summed E-state index contributed by atoms with van der Waals surface area (Å²) in [6, 6.07) is 9.91. The third kappa shape index (κ3) is 5.52. The Morgan fingerprint density at radius 1 is 1.26 bits per heavy atom. The van der Waals surface area contributed by atoms with Crippen LogP contribution < -0.4 is 16.4 Å². The minimum absolute atomic E-state index is 0.0329. The SMILES string of the molecule is CN/C=C\C(=N)c1ccc(Cc2cc(C(=O)NC3CCCOC3)c(N)c(C)c2C)cc1. The lowest BCUT2D eigenvalue weighted by Gasteiger charge is -2.24. The lowest BCUT2D eigenvalue weighted by Crippen LogP contribution is -2.41. The molecule has 0 radical (unpaired) electrons. The summed E-state index contributed by atoms with van der Waals surface area (Å²) in [4.78, 5) is 12.9. The topological polar surface area (TPSA) is 100 Å². The molecule has 31 heavy (non-hydrogen) atoms. The van der Waals surface area contributed by atoms with E-state index in [2.05, 4.69) is 10.6 Å². The number of ether oxygens (including phenoxy) is 1. The highest BCUT2D eigenvalue weighted by Crippen LogP contribution is 2.27. The van der Waals surface area contributed by atoms with Crippen LogP contribution in [0.25, 0.3) is 0 Å². The first kappa shape index (κ1) is 22.6. The number of carbonyl (C=O) groups excluding carboxylic acids is 1. The number of anilines is 1. The molecule has 1 aliphatic rings. The fourth-order valence-electron chi connectivity index (χ4n) is 3.78. The van der Waals surface area contributed by atoms with Gasteiger partial charge in [-0.3, -0.25) is 4.79 Å². The molecule has 6 nitrogen and oxygen atoms in total. The van der Waals surface area contributed by atoms with E-state index in [1.165, 1.54) is 0 Å². The minimum atomic E-state index is -0.141. The fourth-order valence-corrected chi connectivity index (χ4v) is 3.78. The number of nitrogens with one attached hydrogen (secondary N) is 3. The van der Waals surface area contributed by atoms with Crippen molar-refractivity contribution in [2.24, 2.45) is 0 Å². The van der Waals surface area contributed by atoms with Gasteiger partial charge in [0.05, 0.1) is 23.9 Å². The van der Waals surface area contributed by atoms with E-state index in [9.17, 15) is 4.79 Å². The summed E-state index contributed by atoms with van der Waals surface area (Å²) >= 11 is 0. The monoisotopic (exact) mass is 420 g/mol. The fraction of sp³-hybridized carbons (Fsp3) is 0.360. The highest BCUT2D eigenvalue weighted by molar-refractivity contribution is 6.06. The molecule has 6 heteroatoms. The van der Waals surface area contributed by atoms with E-state index in [1.807, 2.05) is 44.2 Å². The third-order valence-corrected chi connectivity index (χ3v) is 5.87. The second-order valence-corrected chi connectivity index (χ2v) is 8.04. The number of benzene rings is 2. The van der Waals surface area contributed by atoms with Gasteiger partial charge in [-0.1, -0.05) is 24.3 Å². The van der Waals surface area contributed by atoms with Gasteiger partial charge in [0.15, 0.2) is 0 Å². The molecule has 1 aliphatic heterocycles. The van der Waals surface area contributed by atoms with E-state index in [1.54, 1.807) is 19.3 Å². The maximum absolute atomic E-state index is 12.9. The van der Waals surface area contributed by atoms with Gasteiger partial charge in [-0.2, -0.15) is 0 Å². The Labute approximate surface area is 184 Å². The zero-order valence-electron chi connectivity index (χ0n) is 18.5. The van der Waals surface area contributed by atoms with Crippen LogP contribution in [0.3, 0.4) is 0 Å². The molecule has 0 bridgehead atoms. The zero-order valence-corrected chi connectivity index (χ0v) is 18.5. The Balaban J connectivity index is 1.80. The lowest BCUT2D eigenvalue weighted by molar-refractivity contribution is 0.0624. The van der Waals surface area contributed by atoms with Crippen molar-refractivity contribution in [2.45, 2.75) is 39.2 Å². The summed E-state index contributed by atoms with van der Waals surface area (Å²) in [7, 11) is 1.81. The molecule has 5 N–H and O–H groups in total. The molecule has 1 unspecified atom stereocenters. The van der Waals surface area contributed by atoms with Crippen LogP contribution in [0.4, 0.5) is 5.69 Å². The van der Waals surface area contributed by atoms with Crippen LogP contribution in [-0.2, 0) is 11.2 Å². The van der Waals surface area contributed by atoms with E-state index in [0.717, 1.165) is 47.3 Å². The molecule has 0 aromatic heterocycles. The molecule has 2 aromatic rings. The summed E-state index contributed by atoms with van der Waals surface area (Å²) in [6.07, 6.45) is 6.04. The van der Waals surface area contributed by atoms with Gasteiger partial charge in [-0.15, -0.1) is 0 Å². The molecule has 1 fully saturated rings. The molecule has 2 aromatic carbocycles. The normalized spacial score (nSPS) is 16.3. The largest absolute Gasteiger partial charge is 0.398 e. The van der Waals surface area contributed by atoms with E-state index in [4.69, 9.17) is 15.9 Å². The molecule has 3 rings (SSSR count). The Bertz CT molecular complexity index is 974. The van der Waals surface area contributed by atoms with Crippen LogP contribution in [-0.4, -0.2) is 37.9 Å². The van der Waals surface area contributed by atoms with E-state index in [-0.39, 0.29) is 11.9 Å². The maximum Gasteiger partial charge on any atom is 0.253 e. The molecule has 0 spiro atoms. The average molecular weight is 421 g/mol. The highest BCUT2D eigenvalue weighted by Gasteiger charge is 2.21. The average Bonchev–Trinajstić information content (AvgIpc) is 2.78. The van der Waals surface area contributed by atoms with Crippen LogP contribution in [0.1, 0.15) is 51.0 Å². The number of allylic oxidation sites excluding steroid dienone is 1. The molecule has 1 heterocycles. The molecule has 0 saturated carbocycles. The van der Waals surface area contributed by atoms with Crippen LogP contribution >= 0.6 is 0 Å². The van der Waals surface area contributed by atoms with Crippen molar-refractivity contribution in [1.29, 1.82) is 5.41 Å². The molecule has 1 amide bonds. The second kappa shape index (κ2) is 10.3. The molecular formula is C25H32N4O2. The van der Waals surface area contributed by atoms with Crippen molar-refractivity contribution in [3.63, 3.8) is 0 Å². The second-order valence-electron chi connectivity index (χ2n) is 8.04. The number of nitrogen functional groups attached to an aromatic ring is 1. The molecular weight excluding hydrogens is 388 g/mol. The van der Waals surface area contributed by atoms with Gasteiger partial charge in [-0.25, -0.2) is 0 Å². The van der Waals surface area contributed by atoms with Crippen LogP contribution in [0.15, 0.2) is 42.6 Å². The van der Waals surface area contributed by atoms with Crippen LogP contribution in [0.2, 0.25) is 0 Å². The summed E-state index contributed by atoms with van der Waals surface area (Å²) in [5.74, 6) is -0.141. The number of carbonyl (C=O) groups is 1. The first-order valence-corrected chi connectivity index (χ1v) is 10.7. The van der Waals surface area contributed by atoms with Gasteiger partial charge in [0.2, 0.25) is 0 Å². The summed E-state index contributed by atoms with van der Waals surface area (Å²) in [6.45, 7) is 5.32. The molecule has 164 valence electrons. The van der Waals surface area contributed by atoms with E-state index >= 15 is 0 Å². The predicted octanol–water partition coefficient (Wildman–Crippen LogP) is 3.49. The number of hydrogen-bond donors (Lipinski definition) is 4. The Hall–Kier alpha value is -3.12. The van der Waals surface area contributed by atoms with Crippen molar-refractivity contribution < 1.29 is 9.53 Å². The maximum atomic E-state index is 12.9. The standard InChI is InChI=1S/C25H32N4O2/c1-16-17(2)24(27)22(25(30)29-21-5-4-12-31-15-21)14-20(16)13-18-6-8-19(9-7-18)23(26)10-11-28-3/h6-11,14,21,26,28H,4-5,12-13,15,27H2,1-3H3,(H,29,30)/b11-10-,26-23?. The molecule has 1 saturated heterocycles. The highest BCUT2D eigenvalue weighted by atomic mass is 16.5. The van der Waals surface area contributed by atoms with E-state index < -0.39 is 0 Å². The first-order valence-electron chi connectivity index (χ1n) is 10.7. The minimum Gasteiger partial charge on any atom is -0.398 e. The first-order chi connectivity index (χ1) is 14.9. The van der Waals surface area contributed by atoms with Crippen molar-refractivity contribution >= 4 is 17.3 Å². The Morgan fingerprint density at radius 3 is 2.65 bits per heavy atom. The van der Waals surface area contributed by atoms with Gasteiger partial charge in [0.25, 0.3) is 5.91 Å². The number of hydrogen-bond acceptors (Lipinski definition) is 5. The lowest BCUT2D eigenvalue weighted by atomic mass is 9.92. The number of nitrogens with two attached hydrogens (primary N) is 1. The number of amides is 1. The molecule has 0 aliphatic carbocycles. The van der Waals surface area contributed by atoms with Crippen LogP contribution in [0.5, 0.6) is 0 Å². The summed E-state index contributed by atoms with van der Waals surface area (Å²) < 4.78 is 5.47. The smallest absolute Gasteiger partial charge is 0.253 e. The third-order valence-electron chi connectivity index (χ3n) is 5.87. The summed E-state index contributed by atoms with van der Waals surface area (Å²) in [5.41, 5.74) is 12.9. The van der Waals surface area contributed by atoms with Gasteiger partial charge in [0.1, 0.15) is 0 Å². The Kier molecular flexibility index (Phi) is 7.47. The molecule has 1 atom stereocenters. The number of rotatable bonds is 7. The van der Waals surface area contributed by atoms with Crippen molar-refractivity contribution in [3.05, 3.63) is 76.0 Å². The van der Waals surface area contributed by atoms with Crippen LogP contribution in [0, 0.1) is 19.3 Å². The quantitative estimate of drug-likeness (QED) is 0.407. The van der Waals surface area contributed by atoms with E-state index in [0.29, 0.717) is 30.0 Å². The summed E-state index contributed by atoms with van der Waals surface area (Å²) in [5, 5.41) is 14.1. The van der Waals surface area contributed by atoms with Gasteiger partial charge in [-0.05, 0) is 79.3 Å². The van der Waals surface area contributed by atoms with Crippen molar-refractivity contribution in [1.82, 2.24) is 10.6 Å².